The number of ether oxygens (including phenoxy) is 1. The van der Waals surface area contributed by atoms with E-state index in [1.165, 1.54) is 19.2 Å². The van der Waals surface area contributed by atoms with E-state index in [1.807, 2.05) is 36.4 Å². The predicted octanol–water partition coefficient (Wildman–Crippen LogP) is 3.88. The van der Waals surface area contributed by atoms with Crippen molar-refractivity contribution in [1.29, 1.82) is 0 Å². The van der Waals surface area contributed by atoms with E-state index in [-0.39, 0.29) is 10.5 Å². The molecule has 2 heterocycles. The van der Waals surface area contributed by atoms with Crippen molar-refractivity contribution in [2.45, 2.75) is 4.90 Å². The Morgan fingerprint density at radius 1 is 0.900 bits per heavy atom. The van der Waals surface area contributed by atoms with Gasteiger partial charge in [-0.3, -0.25) is 9.71 Å². The molecule has 0 saturated carbocycles. The zero-order valence-corrected chi connectivity index (χ0v) is 16.8. The lowest BCUT2D eigenvalue weighted by Crippen LogP contribution is -2.17. The number of hydrogen-bond donors (Lipinski definition) is 1. The van der Waals surface area contributed by atoms with Crippen molar-refractivity contribution in [3.8, 4) is 11.4 Å². The van der Waals surface area contributed by atoms with Crippen LogP contribution < -0.4 is 4.72 Å². The monoisotopic (exact) mass is 419 g/mol. The van der Waals surface area contributed by atoms with Crippen LogP contribution in [0.25, 0.3) is 22.3 Å². The minimum Gasteiger partial charge on any atom is -0.465 e. The quantitative estimate of drug-likeness (QED) is 0.493. The minimum absolute atomic E-state index is 0.0464. The molecule has 4 aromatic rings. The molecule has 0 bridgehead atoms. The lowest BCUT2D eigenvalue weighted by atomic mass is 10.1. The first-order valence-corrected chi connectivity index (χ1v) is 10.5. The summed E-state index contributed by atoms with van der Waals surface area (Å²) < 4.78 is 33.4. The molecule has 0 radical (unpaired) electrons. The summed E-state index contributed by atoms with van der Waals surface area (Å²) in [6, 6.07) is 20.2. The third kappa shape index (κ3) is 3.72. The highest BCUT2D eigenvalue weighted by atomic mass is 32.2. The molecule has 0 aliphatic carbocycles. The molecular weight excluding hydrogens is 402 g/mol. The van der Waals surface area contributed by atoms with E-state index in [0.717, 1.165) is 5.39 Å². The van der Waals surface area contributed by atoms with Gasteiger partial charge in [0.2, 0.25) is 0 Å². The van der Waals surface area contributed by atoms with Gasteiger partial charge in [-0.05, 0) is 36.4 Å². The van der Waals surface area contributed by atoms with Gasteiger partial charge in [-0.1, -0.05) is 36.4 Å². The van der Waals surface area contributed by atoms with Crippen LogP contribution in [0.5, 0.6) is 0 Å². The number of fused-ring (bicyclic) bond motifs is 1. The molecule has 0 fully saturated rings. The van der Waals surface area contributed by atoms with Gasteiger partial charge in [-0.2, -0.15) is 0 Å². The van der Waals surface area contributed by atoms with Gasteiger partial charge in [0.05, 0.1) is 35.3 Å². The van der Waals surface area contributed by atoms with Gasteiger partial charge in [0.25, 0.3) is 10.0 Å². The Hall–Kier alpha value is -3.78. The topological polar surface area (TPSA) is 98.2 Å². The molecule has 0 amide bonds. The molecule has 0 aliphatic rings. The summed E-state index contributed by atoms with van der Waals surface area (Å²) in [5, 5.41) is 0.760. The minimum atomic E-state index is -4.07. The van der Waals surface area contributed by atoms with Crippen molar-refractivity contribution in [2.75, 3.05) is 11.8 Å². The van der Waals surface area contributed by atoms with Crippen molar-refractivity contribution in [1.82, 2.24) is 9.97 Å². The van der Waals surface area contributed by atoms with Crippen molar-refractivity contribution in [3.05, 3.63) is 84.6 Å². The predicted molar refractivity (Wildman–Crippen MR) is 114 cm³/mol. The standard InChI is InChI=1S/C22H17N3O4S/c1-29-22(26)16-8-2-3-11-20(16)30(27,28)25-19-10-6-7-15-12-13-18(24-21(15)19)17-9-4-5-14-23-17/h2-14,25H,1H3. The van der Waals surface area contributed by atoms with Crippen LogP contribution in [-0.2, 0) is 14.8 Å². The molecular formula is C22H17N3O4S. The number of esters is 1. The number of carbonyl (C=O) groups is 1. The van der Waals surface area contributed by atoms with E-state index in [9.17, 15) is 13.2 Å². The van der Waals surface area contributed by atoms with E-state index in [4.69, 9.17) is 4.74 Å². The van der Waals surface area contributed by atoms with Crippen molar-refractivity contribution in [2.24, 2.45) is 0 Å². The first-order chi connectivity index (χ1) is 14.5. The molecule has 7 nitrogen and oxygen atoms in total. The van der Waals surface area contributed by atoms with E-state index in [1.54, 1.807) is 30.5 Å². The summed E-state index contributed by atoms with van der Waals surface area (Å²) in [7, 11) is -2.87. The highest BCUT2D eigenvalue weighted by Gasteiger charge is 2.23. The Morgan fingerprint density at radius 3 is 2.47 bits per heavy atom. The maximum absolute atomic E-state index is 13.1. The smallest absolute Gasteiger partial charge is 0.339 e. The van der Waals surface area contributed by atoms with Crippen LogP contribution in [0, 0.1) is 0 Å². The average molecular weight is 419 g/mol. The van der Waals surface area contributed by atoms with Gasteiger partial charge >= 0.3 is 5.97 Å². The summed E-state index contributed by atoms with van der Waals surface area (Å²) in [5.74, 6) is -0.732. The summed E-state index contributed by atoms with van der Waals surface area (Å²) >= 11 is 0. The molecule has 0 unspecified atom stereocenters. The number of nitrogens with zero attached hydrogens (tertiary/aromatic N) is 2. The van der Waals surface area contributed by atoms with Gasteiger partial charge in [-0.15, -0.1) is 0 Å². The molecule has 4 rings (SSSR count). The Balaban J connectivity index is 1.80. The largest absolute Gasteiger partial charge is 0.465 e. The lowest BCUT2D eigenvalue weighted by molar-refractivity contribution is 0.0596. The Kier molecular flexibility index (Phi) is 5.16. The number of anilines is 1. The fourth-order valence-electron chi connectivity index (χ4n) is 3.07. The molecule has 0 saturated heterocycles. The number of benzene rings is 2. The number of rotatable bonds is 5. The van der Waals surface area contributed by atoms with E-state index in [0.29, 0.717) is 22.6 Å². The number of hydrogen-bond acceptors (Lipinski definition) is 6. The van der Waals surface area contributed by atoms with E-state index < -0.39 is 16.0 Å². The first kappa shape index (κ1) is 19.5. The Morgan fingerprint density at radius 2 is 1.70 bits per heavy atom. The highest BCUT2D eigenvalue weighted by Crippen LogP contribution is 2.28. The van der Waals surface area contributed by atoms with Crippen molar-refractivity contribution in [3.63, 3.8) is 0 Å². The Labute approximate surface area is 173 Å². The van der Waals surface area contributed by atoms with Crippen LogP contribution in [0.3, 0.4) is 0 Å². The number of para-hydroxylation sites is 1. The third-order valence-corrected chi connectivity index (χ3v) is 5.90. The van der Waals surface area contributed by atoms with Crippen LogP contribution >= 0.6 is 0 Å². The zero-order valence-electron chi connectivity index (χ0n) is 15.9. The zero-order chi connectivity index (χ0) is 21.1. The fraction of sp³-hybridized carbons (Fsp3) is 0.0455. The van der Waals surface area contributed by atoms with E-state index >= 15 is 0 Å². The van der Waals surface area contributed by atoms with Crippen LogP contribution in [-0.4, -0.2) is 31.5 Å². The summed E-state index contributed by atoms with van der Waals surface area (Å²) in [5.41, 5.74) is 2.01. The molecule has 2 aromatic heterocycles. The average Bonchev–Trinajstić information content (AvgIpc) is 2.79. The number of carbonyl (C=O) groups excluding carboxylic acids is 1. The van der Waals surface area contributed by atoms with Gasteiger partial charge in [-0.25, -0.2) is 18.2 Å². The SMILES string of the molecule is COC(=O)c1ccccc1S(=O)(=O)Nc1cccc2ccc(-c3ccccn3)nc12. The summed E-state index contributed by atoms with van der Waals surface area (Å²) in [6.45, 7) is 0. The van der Waals surface area contributed by atoms with Gasteiger partial charge in [0, 0.05) is 11.6 Å². The van der Waals surface area contributed by atoms with Crippen molar-refractivity contribution >= 4 is 32.6 Å². The molecule has 1 N–H and O–H groups in total. The molecule has 2 aromatic carbocycles. The second-order valence-electron chi connectivity index (χ2n) is 6.38. The maximum Gasteiger partial charge on any atom is 0.339 e. The number of pyridine rings is 2. The molecule has 30 heavy (non-hydrogen) atoms. The number of aromatic nitrogens is 2. The normalized spacial score (nSPS) is 11.2. The fourth-order valence-corrected chi connectivity index (χ4v) is 4.33. The van der Waals surface area contributed by atoms with Gasteiger partial charge < -0.3 is 4.74 Å². The molecule has 0 atom stereocenters. The summed E-state index contributed by atoms with van der Waals surface area (Å²) in [4.78, 5) is 20.8. The maximum atomic E-state index is 13.1. The lowest BCUT2D eigenvalue weighted by Gasteiger charge is -2.13. The van der Waals surface area contributed by atoms with Gasteiger partial charge in [0.15, 0.2) is 0 Å². The molecule has 150 valence electrons. The highest BCUT2D eigenvalue weighted by molar-refractivity contribution is 7.92. The van der Waals surface area contributed by atoms with E-state index in [2.05, 4.69) is 14.7 Å². The number of sulfonamides is 1. The van der Waals surface area contributed by atoms with Crippen molar-refractivity contribution < 1.29 is 17.9 Å². The second-order valence-corrected chi connectivity index (χ2v) is 8.03. The Bertz CT molecular complexity index is 1340. The van der Waals surface area contributed by atoms with Crippen LogP contribution in [0.15, 0.2) is 83.9 Å². The number of methoxy groups -OCH3 is 1. The summed E-state index contributed by atoms with van der Waals surface area (Å²) in [6.07, 6.45) is 1.67. The third-order valence-electron chi connectivity index (χ3n) is 4.47. The second kappa shape index (κ2) is 7.92. The van der Waals surface area contributed by atoms with Crippen LogP contribution in [0.1, 0.15) is 10.4 Å². The van der Waals surface area contributed by atoms with Crippen LogP contribution in [0.4, 0.5) is 5.69 Å². The van der Waals surface area contributed by atoms with Gasteiger partial charge in [0.1, 0.15) is 4.90 Å². The molecule has 8 heteroatoms. The molecule has 0 spiro atoms. The number of nitrogens with one attached hydrogen (secondary N) is 1. The molecule has 0 aliphatic heterocycles. The van der Waals surface area contributed by atoms with Crippen LogP contribution in [0.2, 0.25) is 0 Å². The first-order valence-electron chi connectivity index (χ1n) is 9.01.